The zero-order chi connectivity index (χ0) is 17.1. The van der Waals surface area contributed by atoms with Crippen LogP contribution in [0.4, 0.5) is 14.5 Å². The van der Waals surface area contributed by atoms with E-state index in [2.05, 4.69) is 5.32 Å². The average molecular weight is 332 g/mol. The van der Waals surface area contributed by atoms with Gasteiger partial charge in [-0.15, -0.1) is 0 Å². The lowest BCUT2D eigenvalue weighted by Crippen LogP contribution is -2.43. The van der Waals surface area contributed by atoms with Crippen LogP contribution in [-0.2, 0) is 11.3 Å². The van der Waals surface area contributed by atoms with Crippen LogP contribution in [0.5, 0.6) is 5.75 Å². The molecule has 4 nitrogen and oxygen atoms in total. The van der Waals surface area contributed by atoms with Crippen molar-refractivity contribution in [1.82, 2.24) is 5.32 Å². The molecule has 0 unspecified atom stereocenters. The monoisotopic (exact) mass is 332 g/mol. The Hall–Kier alpha value is -2.63. The molecule has 24 heavy (non-hydrogen) atoms. The van der Waals surface area contributed by atoms with Crippen molar-refractivity contribution in [2.45, 2.75) is 19.0 Å². The lowest BCUT2D eigenvalue weighted by Gasteiger charge is -2.35. The summed E-state index contributed by atoms with van der Waals surface area (Å²) in [5.74, 6) is -0.287. The molecule has 2 aromatic rings. The molecule has 1 heterocycles. The number of rotatable bonds is 4. The van der Waals surface area contributed by atoms with Crippen molar-refractivity contribution in [2.24, 2.45) is 0 Å². The molecule has 0 radical (unpaired) electrons. The van der Waals surface area contributed by atoms with Gasteiger partial charge in [0.1, 0.15) is 24.0 Å². The van der Waals surface area contributed by atoms with Crippen LogP contribution in [0.15, 0.2) is 42.5 Å². The second kappa shape index (κ2) is 6.86. The Bertz CT molecular complexity index is 734. The van der Waals surface area contributed by atoms with Crippen LogP contribution in [0.25, 0.3) is 0 Å². The fraction of sp³-hybridized carbons (Fsp3) is 0.278. The highest BCUT2D eigenvalue weighted by Gasteiger charge is 2.26. The van der Waals surface area contributed by atoms with Gasteiger partial charge in [-0.3, -0.25) is 4.79 Å². The zero-order valence-corrected chi connectivity index (χ0v) is 13.3. The van der Waals surface area contributed by atoms with Gasteiger partial charge in [-0.25, -0.2) is 8.78 Å². The van der Waals surface area contributed by atoms with E-state index in [-0.39, 0.29) is 30.0 Å². The molecule has 3 rings (SSSR count). The molecule has 1 N–H and O–H groups in total. The van der Waals surface area contributed by atoms with Crippen molar-refractivity contribution in [2.75, 3.05) is 18.6 Å². The van der Waals surface area contributed by atoms with Crippen LogP contribution in [0, 0.1) is 11.6 Å². The predicted molar refractivity (Wildman–Crippen MR) is 86.9 cm³/mol. The van der Waals surface area contributed by atoms with E-state index in [0.717, 1.165) is 11.3 Å². The Morgan fingerprint density at radius 1 is 1.21 bits per heavy atom. The summed E-state index contributed by atoms with van der Waals surface area (Å²) in [6.45, 7) is 0.662. The summed E-state index contributed by atoms with van der Waals surface area (Å²) in [5.41, 5.74) is 1.60. The molecule has 0 aliphatic carbocycles. The first-order valence-electron chi connectivity index (χ1n) is 7.69. The minimum atomic E-state index is -0.349. The van der Waals surface area contributed by atoms with E-state index in [0.29, 0.717) is 18.9 Å². The largest absolute Gasteiger partial charge is 0.489 e. The Morgan fingerprint density at radius 2 is 1.92 bits per heavy atom. The van der Waals surface area contributed by atoms with Gasteiger partial charge in [0.15, 0.2) is 0 Å². The van der Waals surface area contributed by atoms with Crippen molar-refractivity contribution in [3.63, 3.8) is 0 Å². The summed E-state index contributed by atoms with van der Waals surface area (Å²) >= 11 is 0. The average Bonchev–Trinajstić information content (AvgIpc) is 2.57. The summed E-state index contributed by atoms with van der Waals surface area (Å²) in [6.07, 6.45) is 0.258. The van der Waals surface area contributed by atoms with E-state index in [9.17, 15) is 13.6 Å². The fourth-order valence-electron chi connectivity index (χ4n) is 2.67. The minimum absolute atomic E-state index is 0.120. The fourth-order valence-corrected chi connectivity index (χ4v) is 2.67. The van der Waals surface area contributed by atoms with Crippen LogP contribution in [0.1, 0.15) is 12.0 Å². The third-order valence-corrected chi connectivity index (χ3v) is 4.10. The van der Waals surface area contributed by atoms with Gasteiger partial charge in [0.05, 0.1) is 18.2 Å². The van der Waals surface area contributed by atoms with Crippen molar-refractivity contribution in [1.29, 1.82) is 0 Å². The number of fused-ring (bicyclic) bond motifs is 1. The van der Waals surface area contributed by atoms with Gasteiger partial charge in [0, 0.05) is 19.7 Å². The van der Waals surface area contributed by atoms with Crippen LogP contribution >= 0.6 is 0 Å². The lowest BCUT2D eigenvalue weighted by molar-refractivity contribution is -0.121. The molecule has 0 saturated heterocycles. The van der Waals surface area contributed by atoms with Crippen molar-refractivity contribution in [3.8, 4) is 5.75 Å². The Morgan fingerprint density at radius 3 is 2.67 bits per heavy atom. The quantitative estimate of drug-likeness (QED) is 0.936. The molecule has 1 amide bonds. The van der Waals surface area contributed by atoms with Gasteiger partial charge in [0.25, 0.3) is 0 Å². The molecule has 2 aromatic carbocycles. The molecule has 0 saturated carbocycles. The molecule has 1 atom stereocenters. The van der Waals surface area contributed by atoms with Gasteiger partial charge in [-0.2, -0.15) is 0 Å². The number of nitrogens with one attached hydrogen (secondary N) is 1. The maximum atomic E-state index is 13.2. The van der Waals surface area contributed by atoms with E-state index in [1.807, 2.05) is 11.9 Å². The number of carbonyl (C=O) groups is 1. The number of ether oxygens (including phenoxy) is 1. The summed E-state index contributed by atoms with van der Waals surface area (Å²) in [6, 6.07) is 10.2. The number of halogens is 2. The lowest BCUT2D eigenvalue weighted by atomic mass is 10.1. The first-order chi connectivity index (χ1) is 11.5. The van der Waals surface area contributed by atoms with E-state index in [1.165, 1.54) is 24.3 Å². The van der Waals surface area contributed by atoms with Crippen LogP contribution in [0.2, 0.25) is 0 Å². The third kappa shape index (κ3) is 3.64. The normalized spacial score (nSPS) is 16.3. The molecule has 0 aromatic heterocycles. The Labute approximate surface area is 139 Å². The highest BCUT2D eigenvalue weighted by molar-refractivity contribution is 5.77. The van der Waals surface area contributed by atoms with E-state index >= 15 is 0 Å². The molecule has 1 aliphatic rings. The highest BCUT2D eigenvalue weighted by Crippen LogP contribution is 2.34. The third-order valence-electron chi connectivity index (χ3n) is 4.10. The second-order valence-corrected chi connectivity index (χ2v) is 5.80. The van der Waals surface area contributed by atoms with Gasteiger partial charge in [-0.1, -0.05) is 12.1 Å². The highest BCUT2D eigenvalue weighted by atomic mass is 19.1. The summed E-state index contributed by atoms with van der Waals surface area (Å²) in [5, 5.41) is 2.82. The number of hydrogen-bond donors (Lipinski definition) is 1. The summed E-state index contributed by atoms with van der Waals surface area (Å²) < 4.78 is 31.6. The van der Waals surface area contributed by atoms with Crippen LogP contribution < -0.4 is 15.0 Å². The first-order valence-corrected chi connectivity index (χ1v) is 7.69. The molecule has 1 aliphatic heterocycles. The molecule has 0 fully saturated rings. The predicted octanol–water partition coefficient (Wildman–Crippen LogP) is 2.87. The SMILES string of the molecule is CN1c2ccc(F)cc2OC[C@@H]1CC(=O)NCc1ccc(F)cc1. The van der Waals surface area contributed by atoms with Crippen LogP contribution in [0.3, 0.4) is 0 Å². The van der Waals surface area contributed by atoms with E-state index < -0.39 is 0 Å². The van der Waals surface area contributed by atoms with E-state index in [1.54, 1.807) is 18.2 Å². The van der Waals surface area contributed by atoms with Gasteiger partial charge >= 0.3 is 0 Å². The maximum absolute atomic E-state index is 13.2. The van der Waals surface area contributed by atoms with Crippen molar-refractivity contribution >= 4 is 11.6 Å². The van der Waals surface area contributed by atoms with E-state index in [4.69, 9.17) is 4.74 Å². The maximum Gasteiger partial charge on any atom is 0.222 e. The second-order valence-electron chi connectivity index (χ2n) is 5.80. The number of nitrogens with zero attached hydrogens (tertiary/aromatic N) is 1. The molecule has 0 bridgehead atoms. The smallest absolute Gasteiger partial charge is 0.222 e. The Balaban J connectivity index is 1.57. The minimum Gasteiger partial charge on any atom is -0.489 e. The van der Waals surface area contributed by atoms with Crippen LogP contribution in [-0.4, -0.2) is 25.6 Å². The number of anilines is 1. The first kappa shape index (κ1) is 16.2. The topological polar surface area (TPSA) is 41.6 Å². The zero-order valence-electron chi connectivity index (χ0n) is 13.3. The number of benzene rings is 2. The van der Waals surface area contributed by atoms with Gasteiger partial charge < -0.3 is 15.0 Å². The standard InChI is InChI=1S/C18H18F2N2O2/c1-22-15(11-24-17-8-14(20)6-7-16(17)22)9-18(23)21-10-12-2-4-13(19)5-3-12/h2-8,15H,9-11H2,1H3,(H,21,23)/t15-/m0/s1. The molecule has 6 heteroatoms. The number of carbonyl (C=O) groups excluding carboxylic acids is 1. The number of amides is 1. The number of likely N-dealkylation sites (N-methyl/N-ethyl adjacent to an activating group) is 1. The van der Waals surface area contributed by atoms with Gasteiger partial charge in [0.2, 0.25) is 5.91 Å². The molecule has 0 spiro atoms. The molecular formula is C18H18F2N2O2. The summed E-state index contributed by atoms with van der Waals surface area (Å²) in [7, 11) is 1.86. The van der Waals surface area contributed by atoms with Gasteiger partial charge in [-0.05, 0) is 29.8 Å². The van der Waals surface area contributed by atoms with Crippen molar-refractivity contribution in [3.05, 3.63) is 59.7 Å². The molecule has 126 valence electrons. The number of hydrogen-bond acceptors (Lipinski definition) is 3. The summed E-state index contributed by atoms with van der Waals surface area (Å²) in [4.78, 5) is 14.1. The Kier molecular flexibility index (Phi) is 4.64. The van der Waals surface area contributed by atoms with Crippen molar-refractivity contribution < 1.29 is 18.3 Å². The molecular weight excluding hydrogens is 314 g/mol.